The number of hydrogen-bond acceptors (Lipinski definition) is 5. The van der Waals surface area contributed by atoms with E-state index in [1.54, 1.807) is 46.2 Å². The van der Waals surface area contributed by atoms with E-state index >= 15 is 0 Å². The van der Waals surface area contributed by atoms with Crippen LogP contribution in [0.2, 0.25) is 0 Å². The van der Waals surface area contributed by atoms with Crippen molar-refractivity contribution < 1.29 is 29.0 Å². The zero-order chi connectivity index (χ0) is 20.7. The van der Waals surface area contributed by atoms with E-state index in [-0.39, 0.29) is 31.2 Å². The molecule has 2 aromatic carbocycles. The van der Waals surface area contributed by atoms with Crippen molar-refractivity contribution in [3.8, 4) is 11.5 Å². The van der Waals surface area contributed by atoms with Crippen molar-refractivity contribution in [1.82, 2.24) is 4.90 Å². The van der Waals surface area contributed by atoms with Gasteiger partial charge in [-0.05, 0) is 24.6 Å². The summed E-state index contributed by atoms with van der Waals surface area (Å²) in [4.78, 5) is 40.7. The molecule has 0 saturated carbocycles. The number of aliphatic carboxylic acids is 1. The van der Waals surface area contributed by atoms with Crippen molar-refractivity contribution in [3.63, 3.8) is 0 Å². The fourth-order valence-electron chi connectivity index (χ4n) is 4.05. The molecule has 0 fully saturated rings. The molecule has 0 aromatic heterocycles. The van der Waals surface area contributed by atoms with Crippen LogP contribution in [0, 0.1) is 0 Å². The quantitative estimate of drug-likeness (QED) is 0.807. The summed E-state index contributed by atoms with van der Waals surface area (Å²) < 4.78 is 10.8. The Morgan fingerprint density at radius 1 is 1.07 bits per heavy atom. The molecule has 0 saturated heterocycles. The van der Waals surface area contributed by atoms with Crippen molar-refractivity contribution in [2.24, 2.45) is 0 Å². The molecule has 4 rings (SSSR count). The van der Waals surface area contributed by atoms with Crippen molar-refractivity contribution in [2.45, 2.75) is 19.0 Å². The first-order valence-corrected chi connectivity index (χ1v) is 9.19. The second-order valence-corrected chi connectivity index (χ2v) is 6.83. The van der Waals surface area contributed by atoms with E-state index in [4.69, 9.17) is 14.6 Å². The molecule has 29 heavy (non-hydrogen) atoms. The molecule has 2 aliphatic heterocycles. The summed E-state index contributed by atoms with van der Waals surface area (Å²) in [5.74, 6) is -0.705. The topological polar surface area (TPSA) is 96.4 Å². The SMILES string of the molecule is COc1ccc2c(c1OC)C(=O)N1c3ccccc3C(=O)N(CCCC(=O)O)[C@@H]21. The number of para-hydroxylation sites is 1. The summed E-state index contributed by atoms with van der Waals surface area (Å²) in [6.45, 7) is 0.210. The Hall–Kier alpha value is -3.55. The number of ether oxygens (including phenoxy) is 2. The van der Waals surface area contributed by atoms with E-state index in [2.05, 4.69) is 0 Å². The minimum Gasteiger partial charge on any atom is -0.493 e. The average Bonchev–Trinajstić information content (AvgIpc) is 3.02. The first kappa shape index (κ1) is 18.8. The van der Waals surface area contributed by atoms with Gasteiger partial charge in [0.25, 0.3) is 11.8 Å². The number of anilines is 1. The van der Waals surface area contributed by atoms with Crippen molar-refractivity contribution >= 4 is 23.5 Å². The smallest absolute Gasteiger partial charge is 0.303 e. The number of carboxylic acid groups (broad SMARTS) is 1. The minimum atomic E-state index is -0.930. The first-order chi connectivity index (χ1) is 14.0. The molecule has 0 aliphatic carbocycles. The van der Waals surface area contributed by atoms with Crippen LogP contribution >= 0.6 is 0 Å². The Balaban J connectivity index is 1.87. The second kappa shape index (κ2) is 7.12. The van der Waals surface area contributed by atoms with Gasteiger partial charge in [-0.3, -0.25) is 19.3 Å². The van der Waals surface area contributed by atoms with Gasteiger partial charge in [0.15, 0.2) is 11.5 Å². The first-order valence-electron chi connectivity index (χ1n) is 9.19. The standard InChI is InChI=1S/C21H20N2O6/c1-28-15-10-9-13-17(18(15)29-2)21(27)23-14-7-4-3-6-12(14)20(26)22(19(13)23)11-5-8-16(24)25/h3-4,6-7,9-10,19H,5,8,11H2,1-2H3,(H,24,25)/t19-/m1/s1. The number of amides is 2. The van der Waals surface area contributed by atoms with Crippen LogP contribution in [0.1, 0.15) is 45.3 Å². The van der Waals surface area contributed by atoms with Crippen LogP contribution in [-0.4, -0.2) is 48.6 Å². The number of methoxy groups -OCH3 is 2. The second-order valence-electron chi connectivity index (χ2n) is 6.83. The molecule has 2 heterocycles. The van der Waals surface area contributed by atoms with Gasteiger partial charge < -0.3 is 19.5 Å². The van der Waals surface area contributed by atoms with E-state index in [0.29, 0.717) is 33.9 Å². The Labute approximate surface area is 167 Å². The predicted octanol–water partition coefficient (Wildman–Crippen LogP) is 2.68. The molecule has 0 bridgehead atoms. The molecular formula is C21H20N2O6. The van der Waals surface area contributed by atoms with Gasteiger partial charge in [0.05, 0.1) is 31.0 Å². The van der Waals surface area contributed by atoms with E-state index in [9.17, 15) is 14.4 Å². The van der Waals surface area contributed by atoms with Crippen molar-refractivity contribution in [2.75, 3.05) is 25.7 Å². The highest BCUT2D eigenvalue weighted by molar-refractivity contribution is 6.18. The van der Waals surface area contributed by atoms with Crippen LogP contribution in [0.4, 0.5) is 5.69 Å². The Kier molecular flexibility index (Phi) is 4.62. The number of hydrogen-bond donors (Lipinski definition) is 1. The lowest BCUT2D eigenvalue weighted by atomic mass is 10.0. The number of carboxylic acids is 1. The third-order valence-corrected chi connectivity index (χ3v) is 5.27. The summed E-state index contributed by atoms with van der Waals surface area (Å²) in [5, 5.41) is 8.98. The van der Waals surface area contributed by atoms with Gasteiger partial charge in [0.1, 0.15) is 6.17 Å². The fraction of sp³-hybridized carbons (Fsp3) is 0.286. The zero-order valence-corrected chi connectivity index (χ0v) is 16.0. The number of carbonyl (C=O) groups excluding carboxylic acids is 2. The molecule has 2 aliphatic rings. The molecule has 2 amide bonds. The average molecular weight is 396 g/mol. The summed E-state index contributed by atoms with van der Waals surface area (Å²) in [6.07, 6.45) is -0.441. The highest BCUT2D eigenvalue weighted by atomic mass is 16.5. The Morgan fingerprint density at radius 2 is 1.83 bits per heavy atom. The van der Waals surface area contributed by atoms with Gasteiger partial charge in [0.2, 0.25) is 0 Å². The molecule has 1 atom stereocenters. The van der Waals surface area contributed by atoms with E-state index in [1.165, 1.54) is 14.2 Å². The number of nitrogens with zero attached hydrogens (tertiary/aromatic N) is 2. The lowest BCUT2D eigenvalue weighted by molar-refractivity contribution is -0.137. The molecule has 8 nitrogen and oxygen atoms in total. The molecule has 150 valence electrons. The van der Waals surface area contributed by atoms with Crippen LogP contribution < -0.4 is 14.4 Å². The third kappa shape index (κ3) is 2.79. The van der Waals surface area contributed by atoms with Gasteiger partial charge in [-0.25, -0.2) is 0 Å². The van der Waals surface area contributed by atoms with Crippen molar-refractivity contribution in [1.29, 1.82) is 0 Å². The van der Waals surface area contributed by atoms with Crippen LogP contribution in [0.15, 0.2) is 36.4 Å². The number of carbonyl (C=O) groups is 3. The molecule has 0 unspecified atom stereocenters. The van der Waals surface area contributed by atoms with Gasteiger partial charge in [0, 0.05) is 18.5 Å². The van der Waals surface area contributed by atoms with E-state index < -0.39 is 12.1 Å². The molecule has 8 heteroatoms. The number of rotatable bonds is 6. The van der Waals surface area contributed by atoms with E-state index in [0.717, 1.165) is 0 Å². The number of fused-ring (bicyclic) bond motifs is 5. The fourth-order valence-corrected chi connectivity index (χ4v) is 4.05. The molecule has 0 spiro atoms. The van der Waals surface area contributed by atoms with Gasteiger partial charge >= 0.3 is 5.97 Å². The van der Waals surface area contributed by atoms with E-state index in [1.807, 2.05) is 0 Å². The van der Waals surface area contributed by atoms with Crippen LogP contribution in [0.3, 0.4) is 0 Å². The molecular weight excluding hydrogens is 376 g/mol. The zero-order valence-electron chi connectivity index (χ0n) is 16.0. The monoisotopic (exact) mass is 396 g/mol. The third-order valence-electron chi connectivity index (χ3n) is 5.27. The van der Waals surface area contributed by atoms with Gasteiger partial charge in [-0.1, -0.05) is 18.2 Å². The van der Waals surface area contributed by atoms with Crippen LogP contribution in [0.25, 0.3) is 0 Å². The van der Waals surface area contributed by atoms with Crippen molar-refractivity contribution in [3.05, 3.63) is 53.1 Å². The summed E-state index contributed by atoms with van der Waals surface area (Å²) in [5.41, 5.74) is 1.92. The normalized spacial score (nSPS) is 17.0. The van der Waals surface area contributed by atoms with Crippen LogP contribution in [0.5, 0.6) is 11.5 Å². The molecule has 0 radical (unpaired) electrons. The highest BCUT2D eigenvalue weighted by Crippen LogP contribution is 2.49. The highest BCUT2D eigenvalue weighted by Gasteiger charge is 2.49. The summed E-state index contributed by atoms with van der Waals surface area (Å²) in [6, 6.07) is 10.4. The maximum absolute atomic E-state index is 13.4. The maximum atomic E-state index is 13.4. The summed E-state index contributed by atoms with van der Waals surface area (Å²) >= 11 is 0. The Bertz CT molecular complexity index is 1020. The number of benzene rings is 2. The Morgan fingerprint density at radius 3 is 2.52 bits per heavy atom. The predicted molar refractivity (Wildman–Crippen MR) is 103 cm³/mol. The van der Waals surface area contributed by atoms with Gasteiger partial charge in [-0.2, -0.15) is 0 Å². The summed E-state index contributed by atoms with van der Waals surface area (Å²) in [7, 11) is 2.96. The maximum Gasteiger partial charge on any atom is 0.303 e. The van der Waals surface area contributed by atoms with Crippen LogP contribution in [-0.2, 0) is 4.79 Å². The lowest BCUT2D eigenvalue weighted by Crippen LogP contribution is -2.48. The largest absolute Gasteiger partial charge is 0.493 e. The minimum absolute atomic E-state index is 0.0646. The van der Waals surface area contributed by atoms with Gasteiger partial charge in [-0.15, -0.1) is 0 Å². The lowest BCUT2D eigenvalue weighted by Gasteiger charge is -2.40. The molecule has 1 N–H and O–H groups in total. The molecule has 2 aromatic rings.